The van der Waals surface area contributed by atoms with Crippen molar-refractivity contribution in [3.63, 3.8) is 0 Å². The molecule has 0 aliphatic heterocycles. The van der Waals surface area contributed by atoms with Crippen LogP contribution in [-0.2, 0) is 19.8 Å². The van der Waals surface area contributed by atoms with Crippen LogP contribution in [0, 0.1) is 0 Å². The number of halogens is 1. The van der Waals surface area contributed by atoms with Gasteiger partial charge in [-0.3, -0.25) is 0 Å². The Morgan fingerprint density at radius 1 is 0.588 bits per heavy atom. The molecular formula is C28H25ClO5. The molecule has 34 heavy (non-hydrogen) atoms. The topological polar surface area (TPSA) is 65.0 Å². The minimum atomic E-state index is -1.07. The minimum absolute atomic E-state index is 0. The zero-order valence-corrected chi connectivity index (χ0v) is 19.2. The van der Waals surface area contributed by atoms with Crippen molar-refractivity contribution in [2.75, 3.05) is 0 Å². The van der Waals surface area contributed by atoms with Crippen LogP contribution < -0.4 is 14.2 Å². The molecule has 4 rings (SSSR count). The molecule has 4 aromatic rings. The van der Waals surface area contributed by atoms with Gasteiger partial charge in [-0.2, -0.15) is 0 Å². The summed E-state index contributed by atoms with van der Waals surface area (Å²) in [6, 6.07) is 32.0. The average molecular weight is 477 g/mol. The van der Waals surface area contributed by atoms with Gasteiger partial charge in [-0.25, -0.2) is 4.79 Å². The zero-order valence-electron chi connectivity index (χ0n) is 18.4. The van der Waals surface area contributed by atoms with Crippen molar-refractivity contribution in [2.45, 2.75) is 19.8 Å². The molecule has 174 valence electrons. The van der Waals surface area contributed by atoms with Gasteiger partial charge >= 0.3 is 5.97 Å². The van der Waals surface area contributed by atoms with E-state index in [9.17, 15) is 9.90 Å². The molecule has 5 nitrogen and oxygen atoms in total. The zero-order chi connectivity index (χ0) is 22.9. The lowest BCUT2D eigenvalue weighted by Gasteiger charge is -2.18. The van der Waals surface area contributed by atoms with Crippen molar-refractivity contribution in [1.29, 1.82) is 0 Å². The summed E-state index contributed by atoms with van der Waals surface area (Å²) in [5, 5.41) is 9.65. The van der Waals surface area contributed by atoms with E-state index in [4.69, 9.17) is 14.2 Å². The summed E-state index contributed by atoms with van der Waals surface area (Å²) in [6.07, 6.45) is 0. The Hall–Kier alpha value is -3.96. The molecule has 0 aliphatic carbocycles. The first-order chi connectivity index (χ1) is 16.2. The lowest BCUT2D eigenvalue weighted by atomic mass is 10.1. The first-order valence-electron chi connectivity index (χ1n) is 10.6. The van der Waals surface area contributed by atoms with Crippen LogP contribution in [0.4, 0.5) is 0 Å². The summed E-state index contributed by atoms with van der Waals surface area (Å²) in [7, 11) is 0. The number of carbonyl (C=O) groups is 1. The fraction of sp³-hybridized carbons (Fsp3) is 0.107. The van der Waals surface area contributed by atoms with Gasteiger partial charge in [-0.05, 0) is 28.8 Å². The molecule has 0 radical (unpaired) electrons. The highest BCUT2D eigenvalue weighted by Gasteiger charge is 2.19. The second-order valence-electron chi connectivity index (χ2n) is 7.43. The van der Waals surface area contributed by atoms with Crippen molar-refractivity contribution >= 4 is 18.4 Å². The summed E-state index contributed by atoms with van der Waals surface area (Å²) in [6.45, 7) is 0.824. The molecule has 0 unspecified atom stereocenters. The van der Waals surface area contributed by atoms with Gasteiger partial charge in [0, 0.05) is 0 Å². The number of carboxylic acids is 1. The van der Waals surface area contributed by atoms with Gasteiger partial charge < -0.3 is 19.3 Å². The predicted molar refractivity (Wildman–Crippen MR) is 133 cm³/mol. The molecule has 0 aliphatic rings. The van der Waals surface area contributed by atoms with Crippen molar-refractivity contribution in [2.24, 2.45) is 0 Å². The summed E-state index contributed by atoms with van der Waals surface area (Å²) in [4.78, 5) is 11.8. The van der Waals surface area contributed by atoms with Gasteiger partial charge in [0.1, 0.15) is 19.8 Å². The van der Waals surface area contributed by atoms with Gasteiger partial charge in [0.25, 0.3) is 0 Å². The number of benzene rings is 4. The summed E-state index contributed by atoms with van der Waals surface area (Å²) >= 11 is 0. The van der Waals surface area contributed by atoms with Crippen molar-refractivity contribution in [3.05, 3.63) is 125 Å². The molecule has 6 heteroatoms. The first kappa shape index (κ1) is 24.7. The summed E-state index contributed by atoms with van der Waals surface area (Å²) < 4.78 is 18.2. The SMILES string of the molecule is Cl.O=C(O)c1cc(OCc2ccccc2)c(OCc2ccccc2)c(OCc2ccccc2)c1. The average Bonchev–Trinajstić information content (AvgIpc) is 2.87. The van der Waals surface area contributed by atoms with Crippen LogP contribution in [0.1, 0.15) is 27.0 Å². The second-order valence-corrected chi connectivity index (χ2v) is 7.43. The van der Waals surface area contributed by atoms with Gasteiger partial charge in [-0.1, -0.05) is 91.0 Å². The van der Waals surface area contributed by atoms with E-state index in [1.165, 1.54) is 12.1 Å². The van der Waals surface area contributed by atoms with E-state index in [1.54, 1.807) is 0 Å². The smallest absolute Gasteiger partial charge is 0.335 e. The third-order valence-electron chi connectivity index (χ3n) is 4.97. The van der Waals surface area contributed by atoms with Gasteiger partial charge in [0.15, 0.2) is 11.5 Å². The molecule has 0 saturated heterocycles. The van der Waals surface area contributed by atoms with E-state index < -0.39 is 5.97 Å². The second kappa shape index (κ2) is 12.3. The summed E-state index contributed by atoms with van der Waals surface area (Å²) in [5.41, 5.74) is 2.95. The highest BCUT2D eigenvalue weighted by Crippen LogP contribution is 2.40. The van der Waals surface area contributed by atoms with Gasteiger partial charge in [0.2, 0.25) is 5.75 Å². The van der Waals surface area contributed by atoms with Crippen LogP contribution in [0.25, 0.3) is 0 Å². The third kappa shape index (κ3) is 6.77. The Morgan fingerprint density at radius 3 is 1.29 bits per heavy atom. The van der Waals surface area contributed by atoms with Crippen LogP contribution in [0.5, 0.6) is 17.2 Å². The molecule has 0 fully saturated rings. The van der Waals surface area contributed by atoms with E-state index in [-0.39, 0.29) is 37.8 Å². The van der Waals surface area contributed by atoms with Crippen LogP contribution >= 0.6 is 12.4 Å². The number of carboxylic acid groups (broad SMARTS) is 1. The normalized spacial score (nSPS) is 10.1. The predicted octanol–water partition coefficient (Wildman–Crippen LogP) is 6.54. The first-order valence-corrected chi connectivity index (χ1v) is 10.6. The van der Waals surface area contributed by atoms with E-state index in [2.05, 4.69) is 0 Å². The number of hydrogen-bond donors (Lipinski definition) is 1. The fourth-order valence-corrected chi connectivity index (χ4v) is 3.26. The molecule has 4 aromatic carbocycles. The molecular weight excluding hydrogens is 452 g/mol. The van der Waals surface area contributed by atoms with Gasteiger partial charge in [0.05, 0.1) is 5.56 Å². The molecule has 0 heterocycles. The highest BCUT2D eigenvalue weighted by molar-refractivity contribution is 5.89. The Balaban J connectivity index is 0.00000324. The van der Waals surface area contributed by atoms with Crippen LogP contribution in [0.15, 0.2) is 103 Å². The highest BCUT2D eigenvalue weighted by atomic mass is 35.5. The number of aromatic carboxylic acids is 1. The molecule has 0 amide bonds. The van der Waals surface area contributed by atoms with E-state index >= 15 is 0 Å². The van der Waals surface area contributed by atoms with Crippen molar-refractivity contribution in [3.8, 4) is 17.2 Å². The maximum absolute atomic E-state index is 11.8. The Kier molecular flexibility index (Phi) is 8.95. The third-order valence-corrected chi connectivity index (χ3v) is 4.97. The maximum atomic E-state index is 11.8. The van der Waals surface area contributed by atoms with Crippen LogP contribution in [-0.4, -0.2) is 11.1 Å². The number of hydrogen-bond acceptors (Lipinski definition) is 4. The van der Waals surface area contributed by atoms with Crippen LogP contribution in [0.2, 0.25) is 0 Å². The fourth-order valence-electron chi connectivity index (χ4n) is 3.26. The lowest BCUT2D eigenvalue weighted by Crippen LogP contribution is -2.06. The standard InChI is InChI=1S/C28H24O5.ClH/c29-28(30)24-16-25(31-18-21-10-4-1-5-11-21)27(33-20-23-14-8-3-9-15-23)26(17-24)32-19-22-12-6-2-7-13-22;/h1-17H,18-20H2,(H,29,30);1H. The van der Waals surface area contributed by atoms with E-state index in [1.807, 2.05) is 91.0 Å². The maximum Gasteiger partial charge on any atom is 0.335 e. The largest absolute Gasteiger partial charge is 0.485 e. The minimum Gasteiger partial charge on any atom is -0.485 e. The number of rotatable bonds is 10. The van der Waals surface area contributed by atoms with E-state index in [0.717, 1.165) is 16.7 Å². The van der Waals surface area contributed by atoms with Gasteiger partial charge in [-0.15, -0.1) is 12.4 Å². The Bertz CT molecular complexity index is 1120. The Labute approximate surface area is 205 Å². The van der Waals surface area contributed by atoms with Crippen molar-refractivity contribution in [1.82, 2.24) is 0 Å². The molecule has 0 atom stereocenters. The molecule has 1 N–H and O–H groups in total. The van der Waals surface area contributed by atoms with Crippen molar-refractivity contribution < 1.29 is 24.1 Å². The molecule has 0 spiro atoms. The lowest BCUT2D eigenvalue weighted by molar-refractivity contribution is 0.0695. The van der Waals surface area contributed by atoms with Crippen LogP contribution in [0.3, 0.4) is 0 Å². The summed E-state index contributed by atoms with van der Waals surface area (Å²) in [5.74, 6) is -0.0649. The quantitative estimate of drug-likeness (QED) is 0.281. The van der Waals surface area contributed by atoms with E-state index in [0.29, 0.717) is 17.2 Å². The number of ether oxygens (including phenoxy) is 3. The monoisotopic (exact) mass is 476 g/mol. The Morgan fingerprint density at radius 2 is 0.941 bits per heavy atom. The molecule has 0 aromatic heterocycles. The molecule has 0 saturated carbocycles. The molecule has 0 bridgehead atoms.